The summed E-state index contributed by atoms with van der Waals surface area (Å²) >= 11 is 3.10. The van der Waals surface area contributed by atoms with Gasteiger partial charge in [-0.05, 0) is 13.5 Å². The Morgan fingerprint density at radius 2 is 2.24 bits per heavy atom. The van der Waals surface area contributed by atoms with Crippen molar-refractivity contribution in [1.29, 1.82) is 5.26 Å². The standard InChI is InChI=1S/C10H17N5S2/c1-5-12-10(2,6-11)7-16-9-14-13-8(17-9)15(3)4/h12H,5,7H2,1-4H3. The minimum absolute atomic E-state index is 0.511. The molecule has 1 N–H and O–H groups in total. The van der Waals surface area contributed by atoms with Crippen molar-refractivity contribution in [2.24, 2.45) is 0 Å². The van der Waals surface area contributed by atoms with E-state index < -0.39 is 5.54 Å². The van der Waals surface area contributed by atoms with Crippen molar-refractivity contribution >= 4 is 28.2 Å². The fourth-order valence-electron chi connectivity index (χ4n) is 1.16. The van der Waals surface area contributed by atoms with E-state index in [1.165, 1.54) is 11.3 Å². The van der Waals surface area contributed by atoms with E-state index >= 15 is 0 Å². The van der Waals surface area contributed by atoms with Gasteiger partial charge in [-0.2, -0.15) is 5.26 Å². The Balaban J connectivity index is 2.57. The van der Waals surface area contributed by atoms with Crippen molar-refractivity contribution in [3.8, 4) is 6.07 Å². The Hall–Kier alpha value is -0.840. The molecular weight excluding hydrogens is 254 g/mol. The molecular formula is C10H17N5S2. The fourth-order valence-corrected chi connectivity index (χ4v) is 2.98. The minimum Gasteiger partial charge on any atom is -0.353 e. The third-order valence-electron chi connectivity index (χ3n) is 2.08. The minimum atomic E-state index is -0.511. The van der Waals surface area contributed by atoms with E-state index in [1.807, 2.05) is 32.8 Å². The molecule has 0 aliphatic rings. The molecule has 0 radical (unpaired) electrons. The van der Waals surface area contributed by atoms with Crippen LogP contribution in [0.2, 0.25) is 0 Å². The highest BCUT2D eigenvalue weighted by atomic mass is 32.2. The second kappa shape index (κ2) is 6.19. The topological polar surface area (TPSA) is 64.8 Å². The van der Waals surface area contributed by atoms with E-state index in [4.69, 9.17) is 5.26 Å². The molecule has 1 heterocycles. The van der Waals surface area contributed by atoms with Crippen molar-refractivity contribution in [2.75, 3.05) is 31.3 Å². The predicted molar refractivity (Wildman–Crippen MR) is 72.7 cm³/mol. The van der Waals surface area contributed by atoms with Crippen molar-refractivity contribution in [2.45, 2.75) is 23.7 Å². The molecule has 1 aromatic rings. The molecule has 1 aromatic heterocycles. The molecule has 0 spiro atoms. The second-order valence-corrected chi connectivity index (χ2v) is 6.19. The summed E-state index contributed by atoms with van der Waals surface area (Å²) < 4.78 is 0.896. The predicted octanol–water partition coefficient (Wildman–Crippen LogP) is 1.59. The lowest BCUT2D eigenvalue weighted by Crippen LogP contribution is -2.43. The molecule has 7 heteroatoms. The Morgan fingerprint density at radius 1 is 1.53 bits per heavy atom. The van der Waals surface area contributed by atoms with Gasteiger partial charge in [-0.25, -0.2) is 0 Å². The van der Waals surface area contributed by atoms with Gasteiger partial charge in [0.1, 0.15) is 5.54 Å². The molecule has 0 aliphatic heterocycles. The number of nitrogens with zero attached hydrogens (tertiary/aromatic N) is 4. The summed E-state index contributed by atoms with van der Waals surface area (Å²) in [7, 11) is 3.87. The van der Waals surface area contributed by atoms with Gasteiger partial charge in [0, 0.05) is 19.8 Å². The van der Waals surface area contributed by atoms with Gasteiger partial charge in [0.25, 0.3) is 0 Å². The van der Waals surface area contributed by atoms with Crippen molar-refractivity contribution in [3.05, 3.63) is 0 Å². The van der Waals surface area contributed by atoms with Crippen LogP contribution in [-0.4, -0.2) is 42.1 Å². The number of hydrogen-bond donors (Lipinski definition) is 1. The van der Waals surface area contributed by atoms with Crippen LogP contribution in [0.15, 0.2) is 4.34 Å². The number of thioether (sulfide) groups is 1. The number of hydrogen-bond acceptors (Lipinski definition) is 7. The summed E-state index contributed by atoms with van der Waals surface area (Å²) in [6, 6.07) is 2.29. The highest BCUT2D eigenvalue weighted by Gasteiger charge is 2.23. The number of anilines is 1. The van der Waals surface area contributed by atoms with Crippen LogP contribution in [0.1, 0.15) is 13.8 Å². The molecule has 0 amide bonds. The number of nitriles is 1. The number of rotatable bonds is 6. The van der Waals surface area contributed by atoms with Crippen LogP contribution in [0.4, 0.5) is 5.13 Å². The molecule has 0 saturated carbocycles. The summed E-state index contributed by atoms with van der Waals surface area (Å²) in [6.45, 7) is 4.68. The third kappa shape index (κ3) is 4.15. The van der Waals surface area contributed by atoms with Gasteiger partial charge in [0.05, 0.1) is 6.07 Å². The highest BCUT2D eigenvalue weighted by molar-refractivity contribution is 8.01. The number of aromatic nitrogens is 2. The van der Waals surface area contributed by atoms with Gasteiger partial charge < -0.3 is 4.90 Å². The largest absolute Gasteiger partial charge is 0.353 e. The molecule has 0 aromatic carbocycles. The van der Waals surface area contributed by atoms with Crippen LogP contribution in [0.5, 0.6) is 0 Å². The molecule has 94 valence electrons. The molecule has 17 heavy (non-hydrogen) atoms. The quantitative estimate of drug-likeness (QED) is 0.793. The lowest BCUT2D eigenvalue weighted by molar-refractivity contribution is 0.511. The molecule has 5 nitrogen and oxygen atoms in total. The first-order chi connectivity index (χ1) is 8.00. The molecule has 0 aliphatic carbocycles. The molecule has 0 saturated heterocycles. The van der Waals surface area contributed by atoms with Gasteiger partial charge >= 0.3 is 0 Å². The lowest BCUT2D eigenvalue weighted by atomic mass is 10.1. The average Bonchev–Trinajstić information content (AvgIpc) is 2.76. The maximum absolute atomic E-state index is 9.12. The fraction of sp³-hybridized carbons (Fsp3) is 0.700. The van der Waals surface area contributed by atoms with Crippen molar-refractivity contribution in [3.63, 3.8) is 0 Å². The molecule has 1 unspecified atom stereocenters. The molecule has 1 atom stereocenters. The third-order valence-corrected chi connectivity index (χ3v) is 4.62. The van der Waals surface area contributed by atoms with Gasteiger partial charge in [-0.3, -0.25) is 5.32 Å². The highest BCUT2D eigenvalue weighted by Crippen LogP contribution is 2.28. The summed E-state index contributed by atoms with van der Waals surface area (Å²) in [4.78, 5) is 1.93. The van der Waals surface area contributed by atoms with Crippen molar-refractivity contribution < 1.29 is 0 Å². The molecule has 1 rings (SSSR count). The van der Waals surface area contributed by atoms with Gasteiger partial charge in [0.2, 0.25) is 5.13 Å². The van der Waals surface area contributed by atoms with Crippen LogP contribution in [0, 0.1) is 11.3 Å². The average molecular weight is 271 g/mol. The van der Waals surface area contributed by atoms with Crippen LogP contribution < -0.4 is 10.2 Å². The first-order valence-corrected chi connectivity index (χ1v) is 7.11. The normalized spacial score (nSPS) is 14.1. The monoisotopic (exact) mass is 271 g/mol. The maximum atomic E-state index is 9.12. The van der Waals surface area contributed by atoms with Gasteiger partial charge in [-0.1, -0.05) is 30.0 Å². The van der Waals surface area contributed by atoms with Crippen molar-refractivity contribution in [1.82, 2.24) is 15.5 Å². The van der Waals surface area contributed by atoms with E-state index in [0.29, 0.717) is 5.75 Å². The van der Waals surface area contributed by atoms with E-state index in [2.05, 4.69) is 21.6 Å². The zero-order valence-corrected chi connectivity index (χ0v) is 12.2. The number of nitrogens with one attached hydrogen (secondary N) is 1. The van der Waals surface area contributed by atoms with E-state index in [9.17, 15) is 0 Å². The summed E-state index contributed by atoms with van der Waals surface area (Å²) in [5.41, 5.74) is -0.511. The summed E-state index contributed by atoms with van der Waals surface area (Å²) in [6.07, 6.45) is 0. The molecule has 0 bridgehead atoms. The van der Waals surface area contributed by atoms with Gasteiger partial charge in [-0.15, -0.1) is 10.2 Å². The van der Waals surface area contributed by atoms with Crippen LogP contribution in [-0.2, 0) is 0 Å². The Kier molecular flexibility index (Phi) is 5.18. The SMILES string of the molecule is CCNC(C)(C#N)CSc1nnc(N(C)C)s1. The second-order valence-electron chi connectivity index (χ2n) is 4.01. The Morgan fingerprint density at radius 3 is 2.71 bits per heavy atom. The van der Waals surface area contributed by atoms with E-state index in [-0.39, 0.29) is 0 Å². The van der Waals surface area contributed by atoms with Crippen LogP contribution in [0.25, 0.3) is 0 Å². The Labute approximate surface area is 110 Å². The summed E-state index contributed by atoms with van der Waals surface area (Å²) in [5, 5.41) is 21.3. The smallest absolute Gasteiger partial charge is 0.208 e. The van der Waals surface area contributed by atoms with E-state index in [0.717, 1.165) is 16.0 Å². The van der Waals surface area contributed by atoms with Crippen LogP contribution in [0.3, 0.4) is 0 Å². The first kappa shape index (κ1) is 14.2. The molecule has 0 fully saturated rings. The van der Waals surface area contributed by atoms with Crippen LogP contribution >= 0.6 is 23.1 Å². The first-order valence-electron chi connectivity index (χ1n) is 5.30. The zero-order chi connectivity index (χ0) is 12.9. The van der Waals surface area contributed by atoms with E-state index in [1.54, 1.807) is 11.8 Å². The van der Waals surface area contributed by atoms with Gasteiger partial charge in [0.15, 0.2) is 4.34 Å². The maximum Gasteiger partial charge on any atom is 0.208 e. The summed E-state index contributed by atoms with van der Waals surface area (Å²) in [5.74, 6) is 0.666. The lowest BCUT2D eigenvalue weighted by Gasteiger charge is -2.20. The Bertz CT molecular complexity index is 398. The zero-order valence-electron chi connectivity index (χ0n) is 10.5.